The molecule has 8 nitrogen and oxygen atoms in total. The Morgan fingerprint density at radius 1 is 1.03 bits per heavy atom. The molecule has 10 heteroatoms. The van der Waals surface area contributed by atoms with Crippen LogP contribution in [0.3, 0.4) is 0 Å². The lowest BCUT2D eigenvalue weighted by atomic mass is 10.2. The van der Waals surface area contributed by atoms with Crippen molar-refractivity contribution in [1.29, 1.82) is 0 Å². The lowest BCUT2D eigenvalue weighted by Gasteiger charge is -2.18. The highest BCUT2D eigenvalue weighted by molar-refractivity contribution is 7.89. The van der Waals surface area contributed by atoms with Gasteiger partial charge in [-0.3, -0.25) is 4.79 Å². The standard InChI is InChI=1S/C22H29N3O5S2/c26-21(25-22-24-17-7-3-1-4-8-20(17)31-22)9-5-2-6-12-23-32(27,28)16-10-11-18-19(15-16)30-14-13-29-18/h10-11,15,23H,1-9,12-14H2,(H,24,25,26). The van der Waals surface area contributed by atoms with E-state index in [1.165, 1.54) is 36.3 Å². The molecule has 1 aromatic carbocycles. The lowest BCUT2D eigenvalue weighted by molar-refractivity contribution is -0.116. The van der Waals surface area contributed by atoms with E-state index in [0.29, 0.717) is 55.7 Å². The minimum atomic E-state index is -3.61. The predicted molar refractivity (Wildman–Crippen MR) is 123 cm³/mol. The van der Waals surface area contributed by atoms with E-state index >= 15 is 0 Å². The molecule has 0 saturated carbocycles. The molecule has 0 spiro atoms. The third-order valence-electron chi connectivity index (χ3n) is 5.54. The molecule has 0 bridgehead atoms. The number of rotatable bonds is 9. The molecule has 32 heavy (non-hydrogen) atoms. The molecule has 0 atom stereocenters. The molecule has 174 valence electrons. The third-order valence-corrected chi connectivity index (χ3v) is 8.07. The van der Waals surface area contributed by atoms with Gasteiger partial charge in [0, 0.05) is 23.9 Å². The Balaban J connectivity index is 1.15. The first-order valence-electron chi connectivity index (χ1n) is 11.2. The summed E-state index contributed by atoms with van der Waals surface area (Å²) in [4.78, 5) is 18.3. The van der Waals surface area contributed by atoms with Crippen molar-refractivity contribution in [2.24, 2.45) is 0 Å². The Morgan fingerprint density at radius 3 is 2.72 bits per heavy atom. The normalized spacial score (nSPS) is 15.6. The van der Waals surface area contributed by atoms with Crippen LogP contribution in [0.25, 0.3) is 0 Å². The summed E-state index contributed by atoms with van der Waals surface area (Å²) in [6.45, 7) is 1.18. The van der Waals surface area contributed by atoms with Crippen molar-refractivity contribution in [3.8, 4) is 11.5 Å². The number of sulfonamides is 1. The van der Waals surface area contributed by atoms with Crippen LogP contribution >= 0.6 is 11.3 Å². The highest BCUT2D eigenvalue weighted by Crippen LogP contribution is 2.32. The van der Waals surface area contributed by atoms with Gasteiger partial charge in [0.25, 0.3) is 0 Å². The Morgan fingerprint density at radius 2 is 1.84 bits per heavy atom. The zero-order chi connectivity index (χ0) is 22.4. The largest absolute Gasteiger partial charge is 0.486 e. The number of carbonyl (C=O) groups is 1. The average molecular weight is 480 g/mol. The van der Waals surface area contributed by atoms with Crippen molar-refractivity contribution in [2.45, 2.75) is 62.7 Å². The molecule has 0 fully saturated rings. The molecule has 4 rings (SSSR count). The molecule has 2 aromatic rings. The first-order chi connectivity index (χ1) is 15.5. The summed E-state index contributed by atoms with van der Waals surface area (Å²) in [7, 11) is -3.61. The van der Waals surface area contributed by atoms with Crippen molar-refractivity contribution in [3.63, 3.8) is 0 Å². The summed E-state index contributed by atoms with van der Waals surface area (Å²) in [5.74, 6) is 0.967. The van der Waals surface area contributed by atoms with Gasteiger partial charge >= 0.3 is 0 Å². The smallest absolute Gasteiger partial charge is 0.240 e. The van der Waals surface area contributed by atoms with Crippen molar-refractivity contribution >= 4 is 32.4 Å². The van der Waals surface area contributed by atoms with Crippen molar-refractivity contribution < 1.29 is 22.7 Å². The molecule has 0 radical (unpaired) electrons. The molecular formula is C22H29N3O5S2. The molecule has 1 aliphatic heterocycles. The average Bonchev–Trinajstić information content (AvgIpc) is 3.03. The minimum Gasteiger partial charge on any atom is -0.486 e. The van der Waals surface area contributed by atoms with Gasteiger partial charge in [-0.15, -0.1) is 11.3 Å². The number of benzene rings is 1. The maximum absolute atomic E-state index is 12.5. The number of aryl methyl sites for hydroxylation is 2. The molecule has 1 aliphatic carbocycles. The summed E-state index contributed by atoms with van der Waals surface area (Å²) in [6, 6.07) is 4.61. The second kappa shape index (κ2) is 10.6. The van der Waals surface area contributed by atoms with E-state index in [2.05, 4.69) is 15.0 Å². The van der Waals surface area contributed by atoms with E-state index in [-0.39, 0.29) is 10.8 Å². The Bertz CT molecular complexity index is 1030. The van der Waals surface area contributed by atoms with Gasteiger partial charge in [0.2, 0.25) is 15.9 Å². The third kappa shape index (κ3) is 5.99. The van der Waals surface area contributed by atoms with Gasteiger partial charge in [-0.1, -0.05) is 12.8 Å². The molecule has 2 aliphatic rings. The van der Waals surface area contributed by atoms with Crippen LogP contribution < -0.4 is 19.5 Å². The van der Waals surface area contributed by atoms with Crippen LogP contribution in [0.1, 0.15) is 55.5 Å². The highest BCUT2D eigenvalue weighted by Gasteiger charge is 2.19. The minimum absolute atomic E-state index is 0.0363. The van der Waals surface area contributed by atoms with Crippen molar-refractivity contribution in [1.82, 2.24) is 9.71 Å². The van der Waals surface area contributed by atoms with Gasteiger partial charge in [-0.05, 0) is 50.7 Å². The van der Waals surface area contributed by atoms with Gasteiger partial charge in [0.15, 0.2) is 16.6 Å². The fourth-order valence-corrected chi connectivity index (χ4v) is 5.99. The molecular weight excluding hydrogens is 450 g/mol. The number of unbranched alkanes of at least 4 members (excludes halogenated alkanes) is 2. The number of hydrogen-bond acceptors (Lipinski definition) is 7. The fraction of sp³-hybridized carbons (Fsp3) is 0.545. The zero-order valence-electron chi connectivity index (χ0n) is 18.0. The SMILES string of the molecule is O=C(CCCCCNS(=O)(=O)c1ccc2c(c1)OCCO2)Nc1nc2c(s1)CCCCC2. The van der Waals surface area contributed by atoms with Crippen molar-refractivity contribution in [2.75, 3.05) is 25.1 Å². The van der Waals surface area contributed by atoms with Crippen LogP contribution in [0.15, 0.2) is 23.1 Å². The summed E-state index contributed by atoms with van der Waals surface area (Å²) in [5, 5.41) is 3.62. The van der Waals surface area contributed by atoms with Crippen LogP contribution in [0.4, 0.5) is 5.13 Å². The molecule has 0 saturated heterocycles. The number of anilines is 1. The van der Waals surface area contributed by atoms with E-state index in [4.69, 9.17) is 9.47 Å². The lowest BCUT2D eigenvalue weighted by Crippen LogP contribution is -2.25. The summed E-state index contributed by atoms with van der Waals surface area (Å²) >= 11 is 1.60. The second-order valence-corrected chi connectivity index (χ2v) is 10.9. The second-order valence-electron chi connectivity index (χ2n) is 8.01. The van der Waals surface area contributed by atoms with E-state index in [9.17, 15) is 13.2 Å². The maximum atomic E-state index is 12.5. The Hall–Kier alpha value is -2.17. The topological polar surface area (TPSA) is 107 Å². The predicted octanol–water partition coefficient (Wildman–Crippen LogP) is 3.66. The van der Waals surface area contributed by atoms with E-state index in [1.54, 1.807) is 17.4 Å². The fourth-order valence-electron chi connectivity index (χ4n) is 3.83. The van der Waals surface area contributed by atoms with Crippen LogP contribution in [-0.2, 0) is 27.7 Å². The number of aromatic nitrogens is 1. The quantitative estimate of drug-likeness (QED) is 0.420. The van der Waals surface area contributed by atoms with E-state index in [1.807, 2.05) is 0 Å². The molecule has 2 N–H and O–H groups in total. The number of amides is 1. The van der Waals surface area contributed by atoms with Crippen molar-refractivity contribution in [3.05, 3.63) is 28.8 Å². The van der Waals surface area contributed by atoms with E-state index < -0.39 is 10.0 Å². The van der Waals surface area contributed by atoms with Gasteiger partial charge < -0.3 is 14.8 Å². The number of nitrogens with one attached hydrogen (secondary N) is 2. The zero-order valence-corrected chi connectivity index (χ0v) is 19.7. The number of ether oxygens (including phenoxy) is 2. The number of fused-ring (bicyclic) bond motifs is 2. The van der Waals surface area contributed by atoms with E-state index in [0.717, 1.165) is 25.0 Å². The highest BCUT2D eigenvalue weighted by atomic mass is 32.2. The van der Waals surface area contributed by atoms with Crippen LogP contribution in [0.2, 0.25) is 0 Å². The van der Waals surface area contributed by atoms with Gasteiger partial charge in [-0.25, -0.2) is 18.1 Å². The molecule has 1 aromatic heterocycles. The molecule has 2 heterocycles. The van der Waals surface area contributed by atoms with Crippen LogP contribution in [-0.4, -0.2) is 39.1 Å². The Labute approximate surface area is 192 Å². The first-order valence-corrected chi connectivity index (χ1v) is 13.5. The molecule has 0 unspecified atom stereocenters. The maximum Gasteiger partial charge on any atom is 0.240 e. The van der Waals surface area contributed by atoms with Gasteiger partial charge in [0.1, 0.15) is 13.2 Å². The number of carbonyl (C=O) groups excluding carboxylic acids is 1. The molecule has 1 amide bonds. The van der Waals surface area contributed by atoms with Gasteiger partial charge in [0.05, 0.1) is 10.6 Å². The monoisotopic (exact) mass is 479 g/mol. The summed E-state index contributed by atoms with van der Waals surface area (Å²) in [6.07, 6.45) is 8.19. The number of nitrogens with zero attached hydrogens (tertiary/aromatic N) is 1. The number of thiazole rings is 1. The first kappa shape index (κ1) is 23.0. The van der Waals surface area contributed by atoms with Gasteiger partial charge in [-0.2, -0.15) is 0 Å². The Kier molecular flexibility index (Phi) is 7.64. The van der Waals surface area contributed by atoms with Crippen LogP contribution in [0, 0.1) is 0 Å². The number of hydrogen-bond donors (Lipinski definition) is 2. The summed E-state index contributed by atoms with van der Waals surface area (Å²) in [5.41, 5.74) is 1.15. The van der Waals surface area contributed by atoms with Crippen LogP contribution in [0.5, 0.6) is 11.5 Å². The summed E-state index contributed by atoms with van der Waals surface area (Å²) < 4.78 is 38.5.